The second kappa shape index (κ2) is 8.35. The molecule has 2 aliphatic carbocycles. The molecule has 9 nitrogen and oxygen atoms in total. The van der Waals surface area contributed by atoms with Gasteiger partial charge in [0.15, 0.2) is 5.82 Å². The first-order valence-corrected chi connectivity index (χ1v) is 12.0. The van der Waals surface area contributed by atoms with E-state index in [4.69, 9.17) is 10.3 Å². The number of halogens is 1. The Kier molecular flexibility index (Phi) is 5.98. The van der Waals surface area contributed by atoms with Gasteiger partial charge in [0.05, 0.1) is 16.6 Å². The third-order valence-electron chi connectivity index (χ3n) is 6.52. The second-order valence-corrected chi connectivity index (χ2v) is 10.8. The maximum atomic E-state index is 13.0. The number of pyridine rings is 1. The Hall–Kier alpha value is -2.53. The zero-order valence-corrected chi connectivity index (χ0v) is 19.9. The van der Waals surface area contributed by atoms with Gasteiger partial charge >= 0.3 is 0 Å². The van der Waals surface area contributed by atoms with Gasteiger partial charge in [-0.1, -0.05) is 11.2 Å². The number of nitrogens with zero attached hydrogens (tertiary/aromatic N) is 3. The number of aliphatic hydroxyl groups is 1. The van der Waals surface area contributed by atoms with Gasteiger partial charge in [-0.25, -0.2) is 18.1 Å². The lowest BCUT2D eigenvalue weighted by molar-refractivity contribution is -0.0930. The van der Waals surface area contributed by atoms with Crippen molar-refractivity contribution in [2.45, 2.75) is 56.6 Å². The molecule has 4 N–H and O–H groups in total. The second-order valence-electron chi connectivity index (χ2n) is 9.07. The first kappa shape index (κ1) is 23.6. The van der Waals surface area contributed by atoms with Gasteiger partial charge in [0.1, 0.15) is 5.82 Å². The fraction of sp³-hybridized carbons (Fsp3) is 0.409. The summed E-state index contributed by atoms with van der Waals surface area (Å²) in [4.78, 5) is 8.65. The number of aromatic nitrogens is 3. The molecule has 0 saturated heterocycles. The van der Waals surface area contributed by atoms with Crippen molar-refractivity contribution in [1.29, 1.82) is 0 Å². The summed E-state index contributed by atoms with van der Waals surface area (Å²) < 4.78 is 34.1. The normalized spacial score (nSPS) is 24.1. The molecule has 0 radical (unpaired) electrons. The molecule has 2 heterocycles. The number of anilines is 1. The maximum Gasteiger partial charge on any atom is 0.261 e. The Morgan fingerprint density at radius 2 is 1.88 bits per heavy atom. The van der Waals surface area contributed by atoms with Gasteiger partial charge in [-0.3, -0.25) is 0 Å². The third kappa shape index (κ3) is 4.35. The van der Waals surface area contributed by atoms with E-state index in [1.165, 1.54) is 0 Å². The van der Waals surface area contributed by atoms with E-state index in [2.05, 4.69) is 19.8 Å². The van der Waals surface area contributed by atoms with Gasteiger partial charge in [-0.15, -0.1) is 12.4 Å². The highest BCUT2D eigenvalue weighted by molar-refractivity contribution is 7.89. The van der Waals surface area contributed by atoms with E-state index >= 15 is 0 Å². The monoisotopic (exact) mass is 491 g/mol. The van der Waals surface area contributed by atoms with Crippen LogP contribution in [0.15, 0.2) is 39.9 Å². The Morgan fingerprint density at radius 1 is 1.15 bits per heavy atom. The highest BCUT2D eigenvalue weighted by Crippen LogP contribution is 2.56. The molecule has 0 unspecified atom stereocenters. The highest BCUT2D eigenvalue weighted by atomic mass is 35.5. The average molecular weight is 492 g/mol. The first-order chi connectivity index (χ1) is 15.1. The third-order valence-corrected chi connectivity index (χ3v) is 8.04. The van der Waals surface area contributed by atoms with Crippen molar-refractivity contribution in [2.75, 3.05) is 5.73 Å². The van der Waals surface area contributed by atoms with Crippen LogP contribution in [-0.2, 0) is 10.0 Å². The average Bonchev–Trinajstić information content (AvgIpc) is 3.12. The van der Waals surface area contributed by atoms with E-state index in [1.54, 1.807) is 37.4 Å². The van der Waals surface area contributed by atoms with E-state index in [-0.39, 0.29) is 46.6 Å². The molecule has 11 heteroatoms. The number of aliphatic hydroxyl groups excluding tert-OH is 1. The van der Waals surface area contributed by atoms with Crippen LogP contribution in [0.5, 0.6) is 0 Å². The molecule has 2 saturated carbocycles. The summed E-state index contributed by atoms with van der Waals surface area (Å²) in [6.45, 7) is 3.62. The maximum absolute atomic E-state index is 13.0. The highest BCUT2D eigenvalue weighted by Gasteiger charge is 2.53. The summed E-state index contributed by atoms with van der Waals surface area (Å²) in [7, 11) is -3.68. The Morgan fingerprint density at radius 3 is 2.52 bits per heavy atom. The molecule has 33 heavy (non-hydrogen) atoms. The molecular weight excluding hydrogens is 466 g/mol. The Balaban J connectivity index is 0.00000259. The van der Waals surface area contributed by atoms with E-state index < -0.39 is 10.0 Å². The smallest absolute Gasteiger partial charge is 0.261 e. The molecule has 0 amide bonds. The van der Waals surface area contributed by atoms with Crippen molar-refractivity contribution in [3.63, 3.8) is 0 Å². The van der Waals surface area contributed by atoms with E-state index in [0.717, 1.165) is 36.8 Å². The van der Waals surface area contributed by atoms with Crippen LogP contribution in [0.3, 0.4) is 0 Å². The molecule has 2 aromatic heterocycles. The molecule has 5 rings (SSSR count). The van der Waals surface area contributed by atoms with E-state index in [1.807, 2.05) is 6.92 Å². The summed E-state index contributed by atoms with van der Waals surface area (Å²) in [6.07, 6.45) is 4.46. The van der Waals surface area contributed by atoms with E-state index in [9.17, 15) is 13.5 Å². The summed E-state index contributed by atoms with van der Waals surface area (Å²) >= 11 is 0. The van der Waals surface area contributed by atoms with Gasteiger partial charge < -0.3 is 15.4 Å². The van der Waals surface area contributed by atoms with Crippen molar-refractivity contribution in [1.82, 2.24) is 19.8 Å². The molecule has 0 atom stereocenters. The van der Waals surface area contributed by atoms with Crippen molar-refractivity contribution >= 4 is 28.2 Å². The number of rotatable bonds is 5. The van der Waals surface area contributed by atoms with Crippen molar-refractivity contribution in [3.05, 3.63) is 41.9 Å². The minimum atomic E-state index is -3.68. The molecule has 0 aliphatic heterocycles. The van der Waals surface area contributed by atoms with Gasteiger partial charge in [0.2, 0.25) is 10.0 Å². The molecular formula is C22H26ClN5O4S. The minimum absolute atomic E-state index is 0. The lowest BCUT2D eigenvalue weighted by Gasteiger charge is -2.56. The summed E-state index contributed by atoms with van der Waals surface area (Å²) in [5, 5.41) is 13.4. The minimum Gasteiger partial charge on any atom is -0.393 e. The summed E-state index contributed by atoms with van der Waals surface area (Å²) in [5.41, 5.74) is 8.96. The fourth-order valence-electron chi connectivity index (χ4n) is 4.91. The van der Waals surface area contributed by atoms with Crippen LogP contribution in [0.25, 0.3) is 22.6 Å². The number of hydrogen-bond acceptors (Lipinski definition) is 8. The molecule has 1 spiro atoms. The molecule has 3 aromatic rings. The van der Waals surface area contributed by atoms with Crippen molar-refractivity contribution in [2.24, 2.45) is 5.41 Å². The molecule has 2 aliphatic rings. The summed E-state index contributed by atoms with van der Waals surface area (Å²) in [6, 6.07) is 6.72. The van der Waals surface area contributed by atoms with Crippen LogP contribution in [0, 0.1) is 19.3 Å². The van der Waals surface area contributed by atoms with Crippen LogP contribution in [0.2, 0.25) is 0 Å². The largest absolute Gasteiger partial charge is 0.393 e. The topological polar surface area (TPSA) is 144 Å². The number of hydrogen-bond donors (Lipinski definition) is 3. The number of nitrogens with two attached hydrogens (primary N) is 1. The van der Waals surface area contributed by atoms with Crippen LogP contribution >= 0.6 is 12.4 Å². The van der Waals surface area contributed by atoms with Crippen LogP contribution in [0.1, 0.15) is 37.1 Å². The first-order valence-electron chi connectivity index (χ1n) is 10.5. The SMILES string of the molecule is Cc1noc(-c2cc(-c3cc(S(=O)(=O)NC4CC5(CC(O)C5)C4)ccc3C)cnc2N)n1.Cl. The van der Waals surface area contributed by atoms with Crippen LogP contribution in [-0.4, -0.2) is 40.8 Å². The van der Waals surface area contributed by atoms with Gasteiger partial charge in [-0.2, -0.15) is 4.98 Å². The van der Waals surface area contributed by atoms with Gasteiger partial charge in [0.25, 0.3) is 5.89 Å². The number of nitrogens with one attached hydrogen (secondary N) is 1. The lowest BCUT2D eigenvalue weighted by Crippen LogP contribution is -2.57. The van der Waals surface area contributed by atoms with Crippen LogP contribution < -0.4 is 10.5 Å². The zero-order chi connectivity index (χ0) is 22.7. The number of aryl methyl sites for hydroxylation is 2. The van der Waals surface area contributed by atoms with Crippen molar-refractivity contribution < 1.29 is 18.0 Å². The van der Waals surface area contributed by atoms with Crippen molar-refractivity contribution in [3.8, 4) is 22.6 Å². The van der Waals surface area contributed by atoms with Gasteiger partial charge in [0, 0.05) is 17.8 Å². The summed E-state index contributed by atoms with van der Waals surface area (Å²) in [5.74, 6) is 0.993. The van der Waals surface area contributed by atoms with Gasteiger partial charge in [-0.05, 0) is 74.3 Å². The molecule has 176 valence electrons. The number of nitrogen functional groups attached to an aromatic ring is 1. The standard InChI is InChI=1S/C22H25N5O4S.ClH/c1-12-3-4-17(32(29,30)27-15-7-22(8-15)9-16(28)10-22)6-18(12)14-5-19(20(23)24-11-14)21-25-13(2)26-31-21;/h3-6,11,15-16,27-28H,7-10H2,1-2H3,(H2,23,24);1H. The quantitative estimate of drug-likeness (QED) is 0.494. The van der Waals surface area contributed by atoms with Crippen LogP contribution in [0.4, 0.5) is 5.82 Å². The molecule has 0 bridgehead atoms. The molecule has 1 aromatic carbocycles. The molecule has 2 fully saturated rings. The van der Waals surface area contributed by atoms with E-state index in [0.29, 0.717) is 17.0 Å². The Labute approximate surface area is 198 Å². The zero-order valence-electron chi connectivity index (χ0n) is 18.3. The fourth-order valence-corrected chi connectivity index (χ4v) is 6.17. The Bertz CT molecular complexity index is 1300. The lowest BCUT2D eigenvalue weighted by atomic mass is 9.53. The number of benzene rings is 1. The predicted molar refractivity (Wildman–Crippen MR) is 125 cm³/mol. The number of sulfonamides is 1. The predicted octanol–water partition coefficient (Wildman–Crippen LogP) is 3.00.